The van der Waals surface area contributed by atoms with Gasteiger partial charge in [-0.05, 0) is 44.0 Å². The second-order valence-electron chi connectivity index (χ2n) is 10.7. The van der Waals surface area contributed by atoms with E-state index in [2.05, 4.69) is 23.6 Å². The summed E-state index contributed by atoms with van der Waals surface area (Å²) in [4.78, 5) is 30.8. The third-order valence-corrected chi connectivity index (χ3v) is 7.91. The normalized spacial score (nSPS) is 17.2. The van der Waals surface area contributed by atoms with Crippen molar-refractivity contribution in [2.24, 2.45) is 0 Å². The SMILES string of the molecule is CCCCN1CCN(CCCOC(=O)c2cc(OC)c(OC)c(OC)c2)C(C)CC1OC(=O)c1cc(OC)c(OC)c(OC)c1. The minimum absolute atomic E-state index is 0.125. The van der Waals surface area contributed by atoms with Gasteiger partial charge in [0.1, 0.15) is 0 Å². The molecule has 2 aromatic rings. The first-order valence-corrected chi connectivity index (χ1v) is 15.2. The molecule has 250 valence electrons. The predicted octanol–water partition coefficient (Wildman–Crippen LogP) is 4.66. The van der Waals surface area contributed by atoms with Crippen LogP contribution in [0, 0.1) is 0 Å². The Bertz CT molecular complexity index is 1220. The van der Waals surface area contributed by atoms with E-state index in [0.29, 0.717) is 58.5 Å². The van der Waals surface area contributed by atoms with Crippen LogP contribution in [0.4, 0.5) is 0 Å². The summed E-state index contributed by atoms with van der Waals surface area (Å²) >= 11 is 0. The number of hydrogen-bond acceptors (Lipinski definition) is 12. The van der Waals surface area contributed by atoms with Crippen molar-refractivity contribution in [2.75, 3.05) is 75.4 Å². The number of hydrogen-bond donors (Lipinski definition) is 0. The Morgan fingerprint density at radius 3 is 1.62 bits per heavy atom. The highest BCUT2D eigenvalue weighted by Gasteiger charge is 2.31. The molecule has 1 aliphatic heterocycles. The molecule has 12 nitrogen and oxygen atoms in total. The third-order valence-electron chi connectivity index (χ3n) is 7.91. The molecule has 0 amide bonds. The fourth-order valence-electron chi connectivity index (χ4n) is 5.39. The number of benzene rings is 2. The molecule has 2 aromatic carbocycles. The van der Waals surface area contributed by atoms with E-state index in [4.69, 9.17) is 37.9 Å². The maximum absolute atomic E-state index is 13.4. The van der Waals surface area contributed by atoms with Crippen LogP contribution >= 0.6 is 0 Å². The zero-order valence-corrected chi connectivity index (χ0v) is 27.8. The van der Waals surface area contributed by atoms with Crippen molar-refractivity contribution in [3.8, 4) is 34.5 Å². The lowest BCUT2D eigenvalue weighted by Crippen LogP contribution is -2.40. The first-order valence-electron chi connectivity index (χ1n) is 15.2. The van der Waals surface area contributed by atoms with Crippen LogP contribution in [0.1, 0.15) is 60.2 Å². The zero-order chi connectivity index (χ0) is 32.9. The quantitative estimate of drug-likeness (QED) is 0.189. The number of ether oxygens (including phenoxy) is 8. The van der Waals surface area contributed by atoms with Crippen LogP contribution < -0.4 is 28.4 Å². The van der Waals surface area contributed by atoms with E-state index in [9.17, 15) is 9.59 Å². The summed E-state index contributed by atoms with van der Waals surface area (Å²) in [5.41, 5.74) is 0.638. The van der Waals surface area contributed by atoms with E-state index in [0.717, 1.165) is 39.0 Å². The molecule has 3 rings (SSSR count). The van der Waals surface area contributed by atoms with Gasteiger partial charge in [-0.25, -0.2) is 9.59 Å². The second-order valence-corrected chi connectivity index (χ2v) is 10.7. The van der Waals surface area contributed by atoms with Gasteiger partial charge in [0.15, 0.2) is 29.2 Å². The number of rotatable bonds is 16. The van der Waals surface area contributed by atoms with E-state index in [-0.39, 0.29) is 12.6 Å². The molecular weight excluding hydrogens is 584 g/mol. The second kappa shape index (κ2) is 17.6. The first kappa shape index (κ1) is 35.6. The monoisotopic (exact) mass is 632 g/mol. The van der Waals surface area contributed by atoms with E-state index < -0.39 is 18.2 Å². The van der Waals surface area contributed by atoms with Crippen molar-refractivity contribution >= 4 is 11.9 Å². The fraction of sp³-hybridized carbons (Fsp3) is 0.576. The maximum atomic E-state index is 13.4. The molecule has 0 saturated carbocycles. The van der Waals surface area contributed by atoms with Crippen molar-refractivity contribution in [1.82, 2.24) is 9.80 Å². The molecular formula is C33H48N2O10. The molecule has 45 heavy (non-hydrogen) atoms. The molecule has 12 heteroatoms. The molecule has 1 aliphatic rings. The molecule has 1 heterocycles. The number of nitrogens with zero attached hydrogens (tertiary/aromatic N) is 2. The summed E-state index contributed by atoms with van der Waals surface area (Å²) in [6, 6.07) is 6.48. The number of methoxy groups -OCH3 is 6. The molecule has 0 aromatic heterocycles. The fourth-order valence-corrected chi connectivity index (χ4v) is 5.39. The van der Waals surface area contributed by atoms with Crippen LogP contribution in [0.25, 0.3) is 0 Å². The highest BCUT2D eigenvalue weighted by Crippen LogP contribution is 2.39. The summed E-state index contributed by atoms with van der Waals surface area (Å²) in [5, 5.41) is 0. The Morgan fingerprint density at radius 2 is 1.16 bits per heavy atom. The van der Waals surface area contributed by atoms with E-state index >= 15 is 0 Å². The average Bonchev–Trinajstić information content (AvgIpc) is 3.20. The molecule has 0 spiro atoms. The highest BCUT2D eigenvalue weighted by molar-refractivity contribution is 5.92. The van der Waals surface area contributed by atoms with E-state index in [1.54, 1.807) is 24.3 Å². The Balaban J connectivity index is 1.64. The van der Waals surface area contributed by atoms with Crippen molar-refractivity contribution in [3.63, 3.8) is 0 Å². The van der Waals surface area contributed by atoms with Crippen molar-refractivity contribution in [2.45, 2.75) is 51.8 Å². The van der Waals surface area contributed by atoms with Gasteiger partial charge >= 0.3 is 11.9 Å². The molecule has 1 fully saturated rings. The van der Waals surface area contributed by atoms with Crippen LogP contribution in [0.3, 0.4) is 0 Å². The molecule has 2 atom stereocenters. The van der Waals surface area contributed by atoms with Crippen LogP contribution in [0.15, 0.2) is 24.3 Å². The average molecular weight is 633 g/mol. The summed E-state index contributed by atoms with van der Waals surface area (Å²) in [7, 11) is 9.03. The van der Waals surface area contributed by atoms with Crippen LogP contribution in [0.5, 0.6) is 34.5 Å². The minimum atomic E-state index is -0.470. The summed E-state index contributed by atoms with van der Waals surface area (Å²) in [6.07, 6.45) is 2.89. The Hall–Kier alpha value is -3.90. The smallest absolute Gasteiger partial charge is 0.339 e. The van der Waals surface area contributed by atoms with Gasteiger partial charge in [-0.1, -0.05) is 13.3 Å². The predicted molar refractivity (Wildman–Crippen MR) is 168 cm³/mol. The molecule has 0 N–H and O–H groups in total. The van der Waals surface area contributed by atoms with Gasteiger partial charge in [-0.2, -0.15) is 0 Å². The van der Waals surface area contributed by atoms with Gasteiger partial charge in [0.05, 0.1) is 60.4 Å². The lowest BCUT2D eigenvalue weighted by Gasteiger charge is -2.30. The van der Waals surface area contributed by atoms with Gasteiger partial charge in [0, 0.05) is 38.6 Å². The third kappa shape index (κ3) is 9.07. The molecule has 0 radical (unpaired) electrons. The standard InChI is InChI=1S/C33H48N2O10/c1-9-10-12-35-15-14-34(13-11-16-44-32(36)23-18-25(38-3)30(42-7)26(19-23)39-4)22(2)17-29(35)45-33(37)24-20-27(40-5)31(43-8)28(21-24)41-6/h18-22,29H,9-17H2,1-8H3. The van der Waals surface area contributed by atoms with Gasteiger partial charge in [-0.3, -0.25) is 9.80 Å². The van der Waals surface area contributed by atoms with Crippen LogP contribution in [0.2, 0.25) is 0 Å². The number of esters is 2. The topological polar surface area (TPSA) is 114 Å². The molecule has 0 aliphatic carbocycles. The number of carbonyl (C=O) groups is 2. The van der Waals surface area contributed by atoms with E-state index in [1.165, 1.54) is 42.7 Å². The number of unbranched alkanes of at least 4 members (excludes halogenated alkanes) is 1. The molecule has 2 unspecified atom stereocenters. The van der Waals surface area contributed by atoms with Crippen molar-refractivity contribution < 1.29 is 47.5 Å². The largest absolute Gasteiger partial charge is 0.493 e. The summed E-state index contributed by atoms with van der Waals surface area (Å²) < 4.78 is 44.0. The van der Waals surface area contributed by atoms with Gasteiger partial charge in [-0.15, -0.1) is 0 Å². The zero-order valence-electron chi connectivity index (χ0n) is 27.8. The Morgan fingerprint density at radius 1 is 0.689 bits per heavy atom. The highest BCUT2D eigenvalue weighted by atomic mass is 16.6. The van der Waals surface area contributed by atoms with Crippen molar-refractivity contribution in [1.29, 1.82) is 0 Å². The number of carbonyl (C=O) groups excluding carboxylic acids is 2. The minimum Gasteiger partial charge on any atom is -0.493 e. The summed E-state index contributed by atoms with van der Waals surface area (Å²) in [6.45, 7) is 7.59. The van der Waals surface area contributed by atoms with Gasteiger partial charge in [0.25, 0.3) is 0 Å². The van der Waals surface area contributed by atoms with Gasteiger partial charge < -0.3 is 37.9 Å². The Kier molecular flexibility index (Phi) is 13.9. The Labute approximate surface area is 266 Å². The van der Waals surface area contributed by atoms with E-state index in [1.807, 2.05) is 0 Å². The molecule has 1 saturated heterocycles. The van der Waals surface area contributed by atoms with Crippen LogP contribution in [-0.4, -0.2) is 109 Å². The lowest BCUT2D eigenvalue weighted by molar-refractivity contribution is -0.0340. The maximum Gasteiger partial charge on any atom is 0.339 e. The molecule has 0 bridgehead atoms. The van der Waals surface area contributed by atoms with Crippen LogP contribution in [-0.2, 0) is 9.47 Å². The summed E-state index contributed by atoms with van der Waals surface area (Å²) in [5.74, 6) is 1.44. The van der Waals surface area contributed by atoms with Gasteiger partial charge in [0.2, 0.25) is 11.5 Å². The first-order chi connectivity index (χ1) is 21.7. The van der Waals surface area contributed by atoms with Crippen molar-refractivity contribution in [3.05, 3.63) is 35.4 Å². The lowest BCUT2D eigenvalue weighted by atomic mass is 10.1.